The minimum absolute atomic E-state index is 0.203. The SMILES string of the molecule is N#Cc1cccnc1Sc1ccccc1NC(N)=S. The molecule has 2 rings (SSSR count). The van der Waals surface area contributed by atoms with Crippen molar-refractivity contribution in [3.8, 4) is 6.07 Å². The second kappa shape index (κ2) is 6.18. The molecule has 6 heteroatoms. The second-order valence-corrected chi connectivity index (χ2v) is 5.03. The lowest BCUT2D eigenvalue weighted by molar-refractivity contribution is 1.11. The molecule has 0 aliphatic heterocycles. The molecular weight excluding hydrogens is 276 g/mol. The number of benzene rings is 1. The molecular formula is C13H10N4S2. The highest BCUT2D eigenvalue weighted by atomic mass is 32.2. The topological polar surface area (TPSA) is 74.7 Å². The number of hydrogen-bond donors (Lipinski definition) is 2. The van der Waals surface area contributed by atoms with Crippen LogP contribution in [0.3, 0.4) is 0 Å². The van der Waals surface area contributed by atoms with Crippen molar-refractivity contribution in [3.05, 3.63) is 48.2 Å². The van der Waals surface area contributed by atoms with Crippen LogP contribution in [0.5, 0.6) is 0 Å². The van der Waals surface area contributed by atoms with Crippen LogP contribution in [0.2, 0.25) is 0 Å². The molecule has 1 aromatic heterocycles. The van der Waals surface area contributed by atoms with E-state index in [1.165, 1.54) is 11.8 Å². The molecule has 0 saturated carbocycles. The molecule has 0 spiro atoms. The summed E-state index contributed by atoms with van der Waals surface area (Å²) in [5, 5.41) is 12.8. The highest BCUT2D eigenvalue weighted by Crippen LogP contribution is 2.33. The zero-order chi connectivity index (χ0) is 13.7. The maximum absolute atomic E-state index is 9.05. The summed E-state index contributed by atoms with van der Waals surface area (Å²) in [5.74, 6) is 0. The van der Waals surface area contributed by atoms with E-state index in [2.05, 4.69) is 16.4 Å². The zero-order valence-electron chi connectivity index (χ0n) is 9.83. The van der Waals surface area contributed by atoms with Crippen molar-refractivity contribution in [2.24, 2.45) is 5.73 Å². The molecule has 1 heterocycles. The largest absolute Gasteiger partial charge is 0.376 e. The average Bonchev–Trinajstić information content (AvgIpc) is 2.41. The summed E-state index contributed by atoms with van der Waals surface area (Å²) >= 11 is 6.24. The van der Waals surface area contributed by atoms with Crippen LogP contribution in [0.1, 0.15) is 5.56 Å². The number of hydrogen-bond acceptors (Lipinski definition) is 4. The molecule has 0 atom stereocenters. The lowest BCUT2D eigenvalue weighted by Gasteiger charge is -2.10. The van der Waals surface area contributed by atoms with Crippen LogP contribution in [-0.4, -0.2) is 10.1 Å². The summed E-state index contributed by atoms with van der Waals surface area (Å²) < 4.78 is 0. The van der Waals surface area contributed by atoms with Gasteiger partial charge in [0.1, 0.15) is 11.1 Å². The normalized spacial score (nSPS) is 9.63. The Morgan fingerprint density at radius 2 is 2.11 bits per heavy atom. The average molecular weight is 286 g/mol. The van der Waals surface area contributed by atoms with Crippen molar-refractivity contribution < 1.29 is 0 Å². The molecule has 19 heavy (non-hydrogen) atoms. The first-order valence-corrected chi connectivity index (χ1v) is 6.61. The quantitative estimate of drug-likeness (QED) is 0.845. The Kier molecular flexibility index (Phi) is 4.34. The Morgan fingerprint density at radius 1 is 1.32 bits per heavy atom. The van der Waals surface area contributed by atoms with Crippen LogP contribution in [0.15, 0.2) is 52.5 Å². The third-order valence-electron chi connectivity index (χ3n) is 2.24. The van der Waals surface area contributed by atoms with Crippen molar-refractivity contribution in [2.45, 2.75) is 9.92 Å². The molecule has 94 valence electrons. The van der Waals surface area contributed by atoms with Crippen molar-refractivity contribution in [3.63, 3.8) is 0 Å². The summed E-state index contributed by atoms with van der Waals surface area (Å²) in [7, 11) is 0. The Labute approximate surface area is 120 Å². The number of nitriles is 1. The summed E-state index contributed by atoms with van der Waals surface area (Å²) in [5.41, 5.74) is 6.83. The number of aromatic nitrogens is 1. The predicted molar refractivity (Wildman–Crippen MR) is 79.9 cm³/mol. The van der Waals surface area contributed by atoms with Crippen LogP contribution in [0.4, 0.5) is 5.69 Å². The van der Waals surface area contributed by atoms with Crippen molar-refractivity contribution in [1.82, 2.24) is 4.98 Å². The lowest BCUT2D eigenvalue weighted by Crippen LogP contribution is -2.19. The summed E-state index contributed by atoms with van der Waals surface area (Å²) in [6.07, 6.45) is 1.66. The monoisotopic (exact) mass is 286 g/mol. The number of rotatable bonds is 3. The highest BCUT2D eigenvalue weighted by Gasteiger charge is 2.08. The van der Waals surface area contributed by atoms with E-state index in [9.17, 15) is 0 Å². The van der Waals surface area contributed by atoms with E-state index in [0.717, 1.165) is 10.6 Å². The van der Waals surface area contributed by atoms with Gasteiger partial charge in [-0.05, 0) is 36.5 Å². The minimum atomic E-state index is 0.203. The van der Waals surface area contributed by atoms with Gasteiger partial charge in [-0.25, -0.2) is 4.98 Å². The Balaban J connectivity index is 2.33. The van der Waals surface area contributed by atoms with E-state index >= 15 is 0 Å². The van der Waals surface area contributed by atoms with Gasteiger partial charge in [0, 0.05) is 11.1 Å². The fraction of sp³-hybridized carbons (Fsp3) is 0. The molecule has 0 aliphatic carbocycles. The second-order valence-electron chi connectivity index (χ2n) is 3.56. The molecule has 4 nitrogen and oxygen atoms in total. The number of nitrogens with two attached hydrogens (primary N) is 1. The molecule has 0 radical (unpaired) electrons. The molecule has 1 aromatic carbocycles. The number of nitrogens with one attached hydrogen (secondary N) is 1. The standard InChI is InChI=1S/C13H10N4S2/c14-8-9-4-3-7-16-12(9)19-11-6-2-1-5-10(11)17-13(15)18/h1-7H,(H3,15,17,18). The van der Waals surface area contributed by atoms with Crippen molar-refractivity contribution in [1.29, 1.82) is 5.26 Å². The van der Waals surface area contributed by atoms with Gasteiger partial charge in [-0.1, -0.05) is 23.9 Å². The van der Waals surface area contributed by atoms with Crippen LogP contribution < -0.4 is 11.1 Å². The lowest BCUT2D eigenvalue weighted by atomic mass is 10.3. The number of pyridine rings is 1. The molecule has 0 aliphatic rings. The first-order chi connectivity index (χ1) is 9.20. The maximum atomic E-state index is 9.05. The van der Waals surface area contributed by atoms with Crippen molar-refractivity contribution in [2.75, 3.05) is 5.32 Å². The van der Waals surface area contributed by atoms with Crippen LogP contribution in [-0.2, 0) is 0 Å². The van der Waals surface area contributed by atoms with Crippen molar-refractivity contribution >= 4 is 34.8 Å². The fourth-order valence-corrected chi connectivity index (χ4v) is 2.48. The number of nitrogens with zero attached hydrogens (tertiary/aromatic N) is 2. The van der Waals surface area contributed by atoms with Gasteiger partial charge in [0.2, 0.25) is 0 Å². The van der Waals surface area contributed by atoms with Gasteiger partial charge in [-0.2, -0.15) is 5.26 Å². The molecule has 0 bridgehead atoms. The van der Waals surface area contributed by atoms with Gasteiger partial charge in [-0.15, -0.1) is 0 Å². The van der Waals surface area contributed by atoms with E-state index < -0.39 is 0 Å². The summed E-state index contributed by atoms with van der Waals surface area (Å²) in [6, 6.07) is 13.2. The fourth-order valence-electron chi connectivity index (χ4n) is 1.45. The predicted octanol–water partition coefficient (Wildman–Crippen LogP) is 2.76. The van der Waals surface area contributed by atoms with E-state index in [-0.39, 0.29) is 5.11 Å². The van der Waals surface area contributed by atoms with E-state index in [4.69, 9.17) is 23.2 Å². The van der Waals surface area contributed by atoms with E-state index in [1.807, 2.05) is 24.3 Å². The van der Waals surface area contributed by atoms with Gasteiger partial charge in [0.25, 0.3) is 0 Å². The molecule has 0 saturated heterocycles. The van der Waals surface area contributed by atoms with E-state index in [1.54, 1.807) is 18.3 Å². The van der Waals surface area contributed by atoms with Gasteiger partial charge >= 0.3 is 0 Å². The number of para-hydroxylation sites is 1. The van der Waals surface area contributed by atoms with Gasteiger partial charge in [-0.3, -0.25) is 0 Å². The third kappa shape index (κ3) is 3.44. The maximum Gasteiger partial charge on any atom is 0.168 e. The zero-order valence-corrected chi connectivity index (χ0v) is 11.5. The van der Waals surface area contributed by atoms with Gasteiger partial charge in [0.05, 0.1) is 11.3 Å². The Bertz CT molecular complexity index is 649. The summed E-state index contributed by atoms with van der Waals surface area (Å²) in [6.45, 7) is 0. The van der Waals surface area contributed by atoms with Gasteiger partial charge in [0.15, 0.2) is 5.11 Å². The smallest absolute Gasteiger partial charge is 0.168 e. The van der Waals surface area contributed by atoms with Crippen LogP contribution in [0, 0.1) is 11.3 Å². The minimum Gasteiger partial charge on any atom is -0.376 e. The molecule has 3 N–H and O–H groups in total. The number of thiocarbonyl (C=S) groups is 1. The molecule has 0 amide bonds. The van der Waals surface area contributed by atoms with E-state index in [0.29, 0.717) is 10.6 Å². The van der Waals surface area contributed by atoms with Gasteiger partial charge < -0.3 is 11.1 Å². The number of anilines is 1. The third-order valence-corrected chi connectivity index (χ3v) is 3.44. The Morgan fingerprint density at radius 3 is 2.84 bits per heavy atom. The molecule has 0 unspecified atom stereocenters. The first-order valence-electron chi connectivity index (χ1n) is 5.39. The summed E-state index contributed by atoms with van der Waals surface area (Å²) in [4.78, 5) is 5.12. The van der Waals surface area contributed by atoms with Crippen LogP contribution >= 0.6 is 24.0 Å². The first kappa shape index (κ1) is 13.3. The molecule has 0 fully saturated rings. The Hall–Kier alpha value is -2.10. The highest BCUT2D eigenvalue weighted by molar-refractivity contribution is 7.99. The van der Waals surface area contributed by atoms with Crippen LogP contribution in [0.25, 0.3) is 0 Å². The molecule has 2 aromatic rings.